The quantitative estimate of drug-likeness (QED) is 0.886. The first kappa shape index (κ1) is 11.5. The number of anilines is 1. The lowest BCUT2D eigenvalue weighted by Gasteiger charge is -2.25. The molecule has 96 valence electrons. The third-order valence-corrected chi connectivity index (χ3v) is 3.63. The molecular formula is C13H19N5. The fourth-order valence-corrected chi connectivity index (χ4v) is 2.63. The lowest BCUT2D eigenvalue weighted by molar-refractivity contribution is 0.230. The summed E-state index contributed by atoms with van der Waals surface area (Å²) in [6.07, 6.45) is 4.93. The Bertz CT molecular complexity index is 527. The van der Waals surface area contributed by atoms with Crippen molar-refractivity contribution in [2.24, 2.45) is 0 Å². The smallest absolute Gasteiger partial charge is 0.162 e. The summed E-state index contributed by atoms with van der Waals surface area (Å²) in [5, 5.41) is 8.40. The van der Waals surface area contributed by atoms with Crippen LogP contribution in [0.25, 0.3) is 5.65 Å². The van der Waals surface area contributed by atoms with E-state index in [9.17, 15) is 0 Å². The highest BCUT2D eigenvalue weighted by atomic mass is 15.3. The van der Waals surface area contributed by atoms with Crippen molar-refractivity contribution >= 4 is 11.5 Å². The molecular weight excluding hydrogens is 226 g/mol. The van der Waals surface area contributed by atoms with Crippen LogP contribution >= 0.6 is 0 Å². The molecule has 0 unspecified atom stereocenters. The standard InChI is InChI=1S/C13H19N5/c14-11-5-4-6-12-15-16-13(18(11)12)7-10-17-8-2-1-3-9-17/h4-6H,1-3,7-10,14H2. The predicted molar refractivity (Wildman–Crippen MR) is 71.4 cm³/mol. The zero-order chi connectivity index (χ0) is 12.4. The third kappa shape index (κ3) is 2.18. The molecule has 5 nitrogen and oxygen atoms in total. The summed E-state index contributed by atoms with van der Waals surface area (Å²) < 4.78 is 1.95. The van der Waals surface area contributed by atoms with Crippen molar-refractivity contribution in [2.45, 2.75) is 25.7 Å². The van der Waals surface area contributed by atoms with E-state index in [2.05, 4.69) is 15.1 Å². The van der Waals surface area contributed by atoms with E-state index in [1.54, 1.807) is 0 Å². The summed E-state index contributed by atoms with van der Waals surface area (Å²) in [6.45, 7) is 3.48. The van der Waals surface area contributed by atoms with Gasteiger partial charge in [-0.25, -0.2) is 0 Å². The second kappa shape index (κ2) is 4.94. The highest BCUT2D eigenvalue weighted by Crippen LogP contribution is 2.12. The Morgan fingerprint density at radius 3 is 2.78 bits per heavy atom. The van der Waals surface area contributed by atoms with Crippen molar-refractivity contribution in [2.75, 3.05) is 25.4 Å². The van der Waals surface area contributed by atoms with Crippen molar-refractivity contribution in [1.29, 1.82) is 0 Å². The summed E-state index contributed by atoms with van der Waals surface area (Å²) in [5.74, 6) is 1.68. The average Bonchev–Trinajstić information content (AvgIpc) is 2.82. The Labute approximate surface area is 107 Å². The van der Waals surface area contributed by atoms with E-state index < -0.39 is 0 Å². The van der Waals surface area contributed by atoms with Gasteiger partial charge in [0.1, 0.15) is 11.6 Å². The van der Waals surface area contributed by atoms with Gasteiger partial charge in [-0.1, -0.05) is 12.5 Å². The van der Waals surface area contributed by atoms with Crippen LogP contribution in [-0.2, 0) is 6.42 Å². The number of nitrogens with zero attached hydrogens (tertiary/aromatic N) is 4. The van der Waals surface area contributed by atoms with Gasteiger partial charge in [0.05, 0.1) is 0 Å². The summed E-state index contributed by atoms with van der Waals surface area (Å²) in [4.78, 5) is 2.50. The van der Waals surface area contributed by atoms with Gasteiger partial charge < -0.3 is 10.6 Å². The largest absolute Gasteiger partial charge is 0.385 e. The Hall–Kier alpha value is -1.62. The molecule has 0 aliphatic carbocycles. The number of piperidine rings is 1. The second-order valence-electron chi connectivity index (χ2n) is 4.91. The maximum Gasteiger partial charge on any atom is 0.162 e. The summed E-state index contributed by atoms with van der Waals surface area (Å²) in [6, 6.07) is 5.74. The van der Waals surface area contributed by atoms with Crippen molar-refractivity contribution in [3.05, 3.63) is 24.0 Å². The Morgan fingerprint density at radius 1 is 1.11 bits per heavy atom. The Morgan fingerprint density at radius 2 is 1.94 bits per heavy atom. The van der Waals surface area contributed by atoms with Crippen LogP contribution in [0.1, 0.15) is 25.1 Å². The van der Waals surface area contributed by atoms with E-state index in [0.717, 1.165) is 24.4 Å². The lowest BCUT2D eigenvalue weighted by Crippen LogP contribution is -2.31. The van der Waals surface area contributed by atoms with E-state index in [-0.39, 0.29) is 0 Å². The minimum Gasteiger partial charge on any atom is -0.385 e. The number of rotatable bonds is 3. The van der Waals surface area contributed by atoms with E-state index >= 15 is 0 Å². The van der Waals surface area contributed by atoms with Gasteiger partial charge in [0, 0.05) is 13.0 Å². The van der Waals surface area contributed by atoms with Crippen LogP contribution < -0.4 is 5.73 Å². The number of likely N-dealkylation sites (tertiary alicyclic amines) is 1. The first-order valence-electron chi connectivity index (χ1n) is 6.65. The summed E-state index contributed by atoms with van der Waals surface area (Å²) in [5.41, 5.74) is 6.82. The van der Waals surface area contributed by atoms with E-state index in [0.29, 0.717) is 5.82 Å². The molecule has 0 saturated carbocycles. The molecule has 2 aromatic heterocycles. The second-order valence-corrected chi connectivity index (χ2v) is 4.91. The SMILES string of the molecule is Nc1cccc2nnc(CCN3CCCCC3)n12. The fourth-order valence-electron chi connectivity index (χ4n) is 2.63. The number of hydrogen-bond acceptors (Lipinski definition) is 4. The first-order chi connectivity index (χ1) is 8.84. The van der Waals surface area contributed by atoms with Crippen LogP contribution in [0.5, 0.6) is 0 Å². The molecule has 1 saturated heterocycles. The molecule has 3 heterocycles. The topological polar surface area (TPSA) is 59.5 Å². The molecule has 0 radical (unpaired) electrons. The molecule has 0 aromatic carbocycles. The zero-order valence-corrected chi connectivity index (χ0v) is 10.5. The molecule has 5 heteroatoms. The number of hydrogen-bond donors (Lipinski definition) is 1. The maximum absolute atomic E-state index is 5.98. The number of nitrogens with two attached hydrogens (primary N) is 1. The molecule has 0 atom stereocenters. The van der Waals surface area contributed by atoms with Crippen LogP contribution in [-0.4, -0.2) is 39.1 Å². The molecule has 18 heavy (non-hydrogen) atoms. The molecule has 2 N–H and O–H groups in total. The van der Waals surface area contributed by atoms with Crippen molar-refractivity contribution in [3.63, 3.8) is 0 Å². The van der Waals surface area contributed by atoms with Gasteiger partial charge in [-0.05, 0) is 38.1 Å². The van der Waals surface area contributed by atoms with Gasteiger partial charge in [-0.3, -0.25) is 4.40 Å². The maximum atomic E-state index is 5.98. The van der Waals surface area contributed by atoms with Gasteiger partial charge in [-0.15, -0.1) is 10.2 Å². The van der Waals surface area contributed by atoms with Gasteiger partial charge >= 0.3 is 0 Å². The number of nitrogen functional groups attached to an aromatic ring is 1. The zero-order valence-electron chi connectivity index (χ0n) is 10.5. The van der Waals surface area contributed by atoms with Crippen molar-refractivity contribution < 1.29 is 0 Å². The van der Waals surface area contributed by atoms with Crippen LogP contribution in [0, 0.1) is 0 Å². The molecule has 3 rings (SSSR count). The van der Waals surface area contributed by atoms with Gasteiger partial charge in [0.25, 0.3) is 0 Å². The normalized spacial score (nSPS) is 17.3. The van der Waals surface area contributed by atoms with Crippen LogP contribution in [0.2, 0.25) is 0 Å². The molecule has 1 fully saturated rings. The van der Waals surface area contributed by atoms with Crippen LogP contribution in [0.15, 0.2) is 18.2 Å². The molecule has 1 aliphatic rings. The molecule has 1 aliphatic heterocycles. The monoisotopic (exact) mass is 245 g/mol. The Balaban J connectivity index is 1.74. The highest BCUT2D eigenvalue weighted by Gasteiger charge is 2.12. The van der Waals surface area contributed by atoms with Gasteiger partial charge in [0.2, 0.25) is 0 Å². The van der Waals surface area contributed by atoms with E-state index in [4.69, 9.17) is 5.73 Å². The highest BCUT2D eigenvalue weighted by molar-refractivity contribution is 5.47. The van der Waals surface area contributed by atoms with Crippen molar-refractivity contribution in [1.82, 2.24) is 19.5 Å². The number of fused-ring (bicyclic) bond motifs is 1. The average molecular weight is 245 g/mol. The molecule has 0 bridgehead atoms. The van der Waals surface area contributed by atoms with E-state index in [1.807, 2.05) is 22.6 Å². The lowest BCUT2D eigenvalue weighted by atomic mass is 10.1. The number of aromatic nitrogens is 3. The minimum absolute atomic E-state index is 0.714. The molecule has 2 aromatic rings. The minimum atomic E-state index is 0.714. The van der Waals surface area contributed by atoms with Gasteiger partial charge in [0.15, 0.2) is 5.65 Å². The third-order valence-electron chi connectivity index (χ3n) is 3.63. The van der Waals surface area contributed by atoms with Crippen LogP contribution in [0.4, 0.5) is 5.82 Å². The number of pyridine rings is 1. The molecule has 0 amide bonds. The van der Waals surface area contributed by atoms with Crippen molar-refractivity contribution in [3.8, 4) is 0 Å². The fraction of sp³-hybridized carbons (Fsp3) is 0.538. The molecule has 0 spiro atoms. The van der Waals surface area contributed by atoms with Gasteiger partial charge in [-0.2, -0.15) is 0 Å². The summed E-state index contributed by atoms with van der Waals surface area (Å²) >= 11 is 0. The van der Waals surface area contributed by atoms with Crippen LogP contribution in [0.3, 0.4) is 0 Å². The first-order valence-corrected chi connectivity index (χ1v) is 6.65. The summed E-state index contributed by atoms with van der Waals surface area (Å²) in [7, 11) is 0. The Kier molecular flexibility index (Phi) is 3.15. The predicted octanol–water partition coefficient (Wildman–Crippen LogP) is 1.34. The van der Waals surface area contributed by atoms with E-state index in [1.165, 1.54) is 32.4 Å².